The molecule has 2 heterocycles. The van der Waals surface area contributed by atoms with Crippen LogP contribution in [0.1, 0.15) is 71.1 Å². The molecular weight excluding hydrogens is 364 g/mol. The van der Waals surface area contributed by atoms with E-state index in [4.69, 9.17) is 22.1 Å². The number of carbonyl (C=O) groups excluding carboxylic acids is 1. The van der Waals surface area contributed by atoms with Crippen molar-refractivity contribution in [1.82, 2.24) is 10.6 Å². The van der Waals surface area contributed by atoms with Crippen LogP contribution >= 0.6 is 12.2 Å². The van der Waals surface area contributed by atoms with Crippen molar-refractivity contribution in [3.05, 3.63) is 0 Å². The van der Waals surface area contributed by atoms with E-state index in [1.54, 1.807) is 0 Å². The molecule has 0 aromatic carbocycles. The molecule has 4 unspecified atom stereocenters. The van der Waals surface area contributed by atoms with Gasteiger partial charge in [0.2, 0.25) is 5.91 Å². The van der Waals surface area contributed by atoms with Gasteiger partial charge in [-0.2, -0.15) is 0 Å². The Labute approximate surface area is 167 Å². The van der Waals surface area contributed by atoms with Crippen LogP contribution < -0.4 is 10.6 Å². The predicted octanol–water partition coefficient (Wildman–Crippen LogP) is 3.04. The van der Waals surface area contributed by atoms with Crippen molar-refractivity contribution in [2.45, 2.75) is 83.3 Å². The molecule has 0 aromatic heterocycles. The van der Waals surface area contributed by atoms with Gasteiger partial charge in [0, 0.05) is 18.9 Å². The first-order chi connectivity index (χ1) is 13.0. The van der Waals surface area contributed by atoms with E-state index in [-0.39, 0.29) is 25.0 Å². The van der Waals surface area contributed by atoms with Gasteiger partial charge >= 0.3 is 5.97 Å². The molecule has 7 heteroatoms. The number of fused-ring (bicyclic) bond motifs is 2. The van der Waals surface area contributed by atoms with Crippen molar-refractivity contribution in [2.75, 3.05) is 13.1 Å². The molecule has 154 valence electrons. The minimum Gasteiger partial charge on any atom is -0.481 e. The number of nitrogens with one attached hydrogen (secondary N) is 2. The van der Waals surface area contributed by atoms with Gasteiger partial charge in [0.15, 0.2) is 0 Å². The normalized spacial score (nSPS) is 26.1. The third-order valence-electron chi connectivity index (χ3n) is 5.73. The van der Waals surface area contributed by atoms with Crippen LogP contribution in [-0.4, -0.2) is 47.3 Å². The van der Waals surface area contributed by atoms with Crippen molar-refractivity contribution in [1.29, 1.82) is 0 Å². The SMILES string of the molecule is CCCC(=S)NCC(=O)NCC1C2CCC(O2)C1CCCCCCC(=O)O. The Bertz CT molecular complexity index is 514. The average Bonchev–Trinajstić information content (AvgIpc) is 3.22. The Morgan fingerprint density at radius 1 is 1.04 bits per heavy atom. The maximum absolute atomic E-state index is 12.1. The third-order valence-corrected chi connectivity index (χ3v) is 6.07. The maximum atomic E-state index is 12.1. The summed E-state index contributed by atoms with van der Waals surface area (Å²) in [4.78, 5) is 23.4. The molecule has 0 spiro atoms. The summed E-state index contributed by atoms with van der Waals surface area (Å²) < 4.78 is 6.10. The van der Waals surface area contributed by atoms with Gasteiger partial charge < -0.3 is 20.5 Å². The molecule has 0 radical (unpaired) electrons. The molecule has 2 bridgehead atoms. The molecule has 2 rings (SSSR count). The van der Waals surface area contributed by atoms with Gasteiger partial charge in [0.1, 0.15) is 0 Å². The van der Waals surface area contributed by atoms with Crippen LogP contribution in [0.5, 0.6) is 0 Å². The third kappa shape index (κ3) is 7.37. The summed E-state index contributed by atoms with van der Waals surface area (Å²) in [6.07, 6.45) is 9.92. The number of thiocarbonyl (C=S) groups is 1. The number of hydrogen-bond acceptors (Lipinski definition) is 4. The highest BCUT2D eigenvalue weighted by molar-refractivity contribution is 7.80. The number of rotatable bonds is 13. The van der Waals surface area contributed by atoms with E-state index >= 15 is 0 Å². The second-order valence-electron chi connectivity index (χ2n) is 7.80. The zero-order chi connectivity index (χ0) is 19.6. The number of carboxylic acid groups (broad SMARTS) is 1. The molecule has 2 aliphatic rings. The van der Waals surface area contributed by atoms with Crippen molar-refractivity contribution in [3.8, 4) is 0 Å². The van der Waals surface area contributed by atoms with Crippen LogP contribution in [0, 0.1) is 11.8 Å². The van der Waals surface area contributed by atoms with Crippen molar-refractivity contribution in [3.63, 3.8) is 0 Å². The number of ether oxygens (including phenoxy) is 1. The highest BCUT2D eigenvalue weighted by Crippen LogP contribution is 2.45. The lowest BCUT2D eigenvalue weighted by atomic mass is 9.76. The second kappa shape index (κ2) is 11.6. The highest BCUT2D eigenvalue weighted by atomic mass is 32.1. The van der Waals surface area contributed by atoms with E-state index < -0.39 is 5.97 Å². The number of unbranched alkanes of at least 4 members (excludes halogenated alkanes) is 3. The summed E-state index contributed by atoms with van der Waals surface area (Å²) in [5, 5.41) is 14.8. The van der Waals surface area contributed by atoms with Crippen molar-refractivity contribution < 1.29 is 19.4 Å². The van der Waals surface area contributed by atoms with Crippen LogP contribution in [0.2, 0.25) is 0 Å². The summed E-state index contributed by atoms with van der Waals surface area (Å²) in [5.74, 6) is 0.188. The van der Waals surface area contributed by atoms with Crippen LogP contribution in [0.15, 0.2) is 0 Å². The fourth-order valence-corrected chi connectivity index (χ4v) is 4.63. The van der Waals surface area contributed by atoms with Gasteiger partial charge in [-0.15, -0.1) is 0 Å². The number of aliphatic carboxylic acids is 1. The minimum absolute atomic E-state index is 0.0105. The Morgan fingerprint density at radius 3 is 2.44 bits per heavy atom. The number of carbonyl (C=O) groups is 2. The molecule has 0 saturated carbocycles. The first-order valence-corrected chi connectivity index (χ1v) is 10.8. The summed E-state index contributed by atoms with van der Waals surface area (Å²) in [6, 6.07) is 0. The Balaban J connectivity index is 1.67. The van der Waals surface area contributed by atoms with E-state index in [1.807, 2.05) is 0 Å². The fourth-order valence-electron chi connectivity index (χ4n) is 4.35. The second-order valence-corrected chi connectivity index (χ2v) is 8.29. The lowest BCUT2D eigenvalue weighted by Crippen LogP contribution is -2.42. The molecule has 6 nitrogen and oxygen atoms in total. The molecule has 2 aliphatic heterocycles. The molecule has 2 saturated heterocycles. The van der Waals surface area contributed by atoms with Crippen LogP contribution in [0.3, 0.4) is 0 Å². The van der Waals surface area contributed by atoms with Crippen molar-refractivity contribution >= 4 is 29.1 Å². The van der Waals surface area contributed by atoms with Crippen molar-refractivity contribution in [2.24, 2.45) is 11.8 Å². The Hall–Kier alpha value is -1.21. The lowest BCUT2D eigenvalue weighted by Gasteiger charge is -2.28. The number of amides is 1. The first kappa shape index (κ1) is 22.1. The van der Waals surface area contributed by atoms with Gasteiger partial charge in [-0.3, -0.25) is 9.59 Å². The fraction of sp³-hybridized carbons (Fsp3) is 0.850. The van der Waals surface area contributed by atoms with Crippen LogP contribution in [-0.2, 0) is 14.3 Å². The standard InChI is InChI=1S/C20H34N2O4S/c1-2-7-19(27)22-13-18(23)21-12-15-14(16-10-11-17(15)26-16)8-5-3-4-6-9-20(24)25/h14-17H,2-13H2,1H3,(H,21,23)(H,22,27)(H,24,25). The highest BCUT2D eigenvalue weighted by Gasteiger charge is 2.48. The Morgan fingerprint density at radius 2 is 1.74 bits per heavy atom. The molecule has 0 aromatic rings. The first-order valence-electron chi connectivity index (χ1n) is 10.4. The van der Waals surface area contributed by atoms with E-state index in [1.165, 1.54) is 0 Å². The van der Waals surface area contributed by atoms with E-state index in [0.717, 1.165) is 62.8 Å². The van der Waals surface area contributed by atoms with E-state index in [0.29, 0.717) is 24.5 Å². The molecule has 1 amide bonds. The van der Waals surface area contributed by atoms with Gasteiger partial charge in [-0.05, 0) is 44.4 Å². The molecule has 0 aliphatic carbocycles. The molecule has 27 heavy (non-hydrogen) atoms. The zero-order valence-corrected chi connectivity index (χ0v) is 17.2. The largest absolute Gasteiger partial charge is 0.481 e. The summed E-state index contributed by atoms with van der Waals surface area (Å²) in [7, 11) is 0. The maximum Gasteiger partial charge on any atom is 0.303 e. The summed E-state index contributed by atoms with van der Waals surface area (Å²) in [5.41, 5.74) is 0. The summed E-state index contributed by atoms with van der Waals surface area (Å²) >= 11 is 5.17. The predicted molar refractivity (Wildman–Crippen MR) is 109 cm³/mol. The lowest BCUT2D eigenvalue weighted by molar-refractivity contribution is -0.137. The molecule has 4 atom stereocenters. The zero-order valence-electron chi connectivity index (χ0n) is 16.4. The van der Waals surface area contributed by atoms with Crippen LogP contribution in [0.4, 0.5) is 0 Å². The van der Waals surface area contributed by atoms with Gasteiger partial charge in [0.25, 0.3) is 0 Å². The molecule has 2 fully saturated rings. The quantitative estimate of drug-likeness (QED) is 0.326. The van der Waals surface area contributed by atoms with E-state index in [9.17, 15) is 9.59 Å². The van der Waals surface area contributed by atoms with Gasteiger partial charge in [-0.25, -0.2) is 0 Å². The monoisotopic (exact) mass is 398 g/mol. The van der Waals surface area contributed by atoms with E-state index in [2.05, 4.69) is 17.6 Å². The summed E-state index contributed by atoms with van der Waals surface area (Å²) in [6.45, 7) is 2.98. The molecular formula is C20H34N2O4S. The minimum atomic E-state index is -0.711. The smallest absolute Gasteiger partial charge is 0.303 e. The Kier molecular flexibility index (Phi) is 9.48. The average molecular weight is 399 g/mol. The molecule has 3 N–H and O–H groups in total. The number of hydrogen-bond donors (Lipinski definition) is 3. The number of carboxylic acids is 1. The van der Waals surface area contributed by atoms with Crippen LogP contribution in [0.25, 0.3) is 0 Å². The van der Waals surface area contributed by atoms with Gasteiger partial charge in [-0.1, -0.05) is 38.4 Å². The van der Waals surface area contributed by atoms with Gasteiger partial charge in [0.05, 0.1) is 23.7 Å². The topological polar surface area (TPSA) is 87.7 Å².